The second kappa shape index (κ2) is 3.50. The van der Waals surface area contributed by atoms with Crippen molar-refractivity contribution in [2.45, 2.75) is 6.42 Å². The van der Waals surface area contributed by atoms with Gasteiger partial charge in [0.15, 0.2) is 0 Å². The van der Waals surface area contributed by atoms with E-state index in [1.807, 2.05) is 6.07 Å². The minimum absolute atomic E-state index is 0.867. The number of rotatable bonds is 2. The van der Waals surface area contributed by atoms with Crippen LogP contribution in [0.25, 0.3) is 0 Å². The molecule has 1 heterocycles. The number of fused-ring (bicyclic) bond motifs is 1. The van der Waals surface area contributed by atoms with Crippen LogP contribution in [0.1, 0.15) is 5.56 Å². The Morgan fingerprint density at radius 3 is 3.08 bits per heavy atom. The summed E-state index contributed by atoms with van der Waals surface area (Å²) < 4.78 is 0. The molecule has 70 valence electrons. The Morgan fingerprint density at radius 1 is 1.46 bits per heavy atom. The van der Waals surface area contributed by atoms with Gasteiger partial charge in [0, 0.05) is 30.2 Å². The largest absolute Gasteiger partial charge is 0.399 e. The number of benzene rings is 1. The first kappa shape index (κ1) is 8.75. The van der Waals surface area contributed by atoms with Gasteiger partial charge < -0.3 is 10.6 Å². The molecular formula is C10H14N2S. The average Bonchev–Trinajstić information content (AvgIpc) is 2.49. The molecule has 0 aromatic heterocycles. The zero-order valence-electron chi connectivity index (χ0n) is 7.53. The second-order valence-corrected chi connectivity index (χ2v) is 3.80. The van der Waals surface area contributed by atoms with Gasteiger partial charge in [0.25, 0.3) is 0 Å². The van der Waals surface area contributed by atoms with Gasteiger partial charge in [-0.25, -0.2) is 0 Å². The van der Waals surface area contributed by atoms with Crippen LogP contribution in [0.3, 0.4) is 0 Å². The van der Waals surface area contributed by atoms with Gasteiger partial charge in [0.05, 0.1) is 0 Å². The van der Waals surface area contributed by atoms with Crippen LogP contribution in [0.15, 0.2) is 18.2 Å². The van der Waals surface area contributed by atoms with Crippen LogP contribution in [-0.4, -0.2) is 18.8 Å². The van der Waals surface area contributed by atoms with E-state index >= 15 is 0 Å². The van der Waals surface area contributed by atoms with E-state index in [9.17, 15) is 0 Å². The van der Waals surface area contributed by atoms with E-state index < -0.39 is 0 Å². The van der Waals surface area contributed by atoms with Gasteiger partial charge >= 0.3 is 0 Å². The smallest absolute Gasteiger partial charge is 0.0401 e. The van der Waals surface area contributed by atoms with E-state index in [-0.39, 0.29) is 0 Å². The molecule has 0 radical (unpaired) electrons. The third-order valence-electron chi connectivity index (χ3n) is 2.47. The maximum absolute atomic E-state index is 5.72. The molecule has 0 saturated carbocycles. The number of nitrogen functional groups attached to an aromatic ring is 1. The fourth-order valence-electron chi connectivity index (χ4n) is 1.84. The highest BCUT2D eigenvalue weighted by Gasteiger charge is 2.17. The molecule has 2 nitrogen and oxygen atoms in total. The molecule has 0 fully saturated rings. The molecule has 0 saturated heterocycles. The Labute approximate surface area is 84.1 Å². The molecule has 1 aromatic carbocycles. The molecule has 0 unspecified atom stereocenters. The molecular weight excluding hydrogens is 180 g/mol. The topological polar surface area (TPSA) is 29.3 Å². The second-order valence-electron chi connectivity index (χ2n) is 3.35. The Bertz CT molecular complexity index is 312. The lowest BCUT2D eigenvalue weighted by Crippen LogP contribution is -2.22. The van der Waals surface area contributed by atoms with E-state index in [4.69, 9.17) is 5.73 Å². The lowest BCUT2D eigenvalue weighted by atomic mass is 10.1. The molecule has 0 atom stereocenters. The first-order chi connectivity index (χ1) is 6.31. The minimum atomic E-state index is 0.867. The summed E-state index contributed by atoms with van der Waals surface area (Å²) in [6.07, 6.45) is 1.12. The molecule has 1 aliphatic heterocycles. The Morgan fingerprint density at radius 2 is 2.31 bits per heavy atom. The summed E-state index contributed by atoms with van der Waals surface area (Å²) in [5, 5.41) is 0. The van der Waals surface area contributed by atoms with Gasteiger partial charge in [-0.2, -0.15) is 12.6 Å². The van der Waals surface area contributed by atoms with Gasteiger partial charge in [-0.05, 0) is 30.2 Å². The minimum Gasteiger partial charge on any atom is -0.399 e. The molecule has 13 heavy (non-hydrogen) atoms. The summed E-state index contributed by atoms with van der Waals surface area (Å²) in [6.45, 7) is 2.14. The molecule has 2 rings (SSSR count). The highest BCUT2D eigenvalue weighted by atomic mass is 32.1. The predicted molar refractivity (Wildman–Crippen MR) is 60.6 cm³/mol. The monoisotopic (exact) mass is 194 g/mol. The third kappa shape index (κ3) is 1.61. The van der Waals surface area contributed by atoms with Crippen LogP contribution in [0.4, 0.5) is 11.4 Å². The van der Waals surface area contributed by atoms with Crippen molar-refractivity contribution in [1.29, 1.82) is 0 Å². The number of nitrogens with two attached hydrogens (primary N) is 1. The van der Waals surface area contributed by atoms with Gasteiger partial charge in [0.2, 0.25) is 0 Å². The van der Waals surface area contributed by atoms with Gasteiger partial charge in [-0.1, -0.05) is 0 Å². The third-order valence-corrected chi connectivity index (χ3v) is 2.67. The molecule has 1 aliphatic rings. The number of hydrogen-bond donors (Lipinski definition) is 2. The average molecular weight is 194 g/mol. The number of thiol groups is 1. The molecule has 3 heteroatoms. The summed E-state index contributed by atoms with van der Waals surface area (Å²) >= 11 is 4.24. The first-order valence-corrected chi connectivity index (χ1v) is 5.19. The normalized spacial score (nSPS) is 14.7. The van der Waals surface area contributed by atoms with Crippen LogP contribution in [0.2, 0.25) is 0 Å². The van der Waals surface area contributed by atoms with Crippen LogP contribution in [0.5, 0.6) is 0 Å². The van der Waals surface area contributed by atoms with Crippen LogP contribution < -0.4 is 10.6 Å². The molecule has 0 amide bonds. The lowest BCUT2D eigenvalue weighted by Gasteiger charge is -2.17. The Kier molecular flexibility index (Phi) is 2.36. The molecule has 0 bridgehead atoms. The predicted octanol–water partition coefficient (Wildman–Crippen LogP) is 1.56. The Hall–Kier alpha value is -0.830. The zero-order chi connectivity index (χ0) is 9.26. The van der Waals surface area contributed by atoms with E-state index in [1.165, 1.54) is 11.3 Å². The summed E-state index contributed by atoms with van der Waals surface area (Å²) in [6, 6.07) is 6.16. The quantitative estimate of drug-likeness (QED) is 0.552. The summed E-state index contributed by atoms with van der Waals surface area (Å²) in [7, 11) is 0. The standard InChI is InChI=1S/C10H14N2S/c11-9-1-2-10-8(7-9)3-4-12(10)5-6-13/h1-2,7,13H,3-6,11H2. The van der Waals surface area contributed by atoms with E-state index in [1.54, 1.807) is 0 Å². The van der Waals surface area contributed by atoms with E-state index in [0.29, 0.717) is 0 Å². The van der Waals surface area contributed by atoms with Gasteiger partial charge in [0.1, 0.15) is 0 Å². The van der Waals surface area contributed by atoms with Crippen LogP contribution in [-0.2, 0) is 6.42 Å². The molecule has 1 aromatic rings. The SMILES string of the molecule is Nc1ccc2c(c1)CCN2CCS. The van der Waals surface area contributed by atoms with Gasteiger partial charge in [-0.15, -0.1) is 0 Å². The number of hydrogen-bond acceptors (Lipinski definition) is 3. The molecule has 0 spiro atoms. The van der Waals surface area contributed by atoms with E-state index in [0.717, 1.165) is 31.0 Å². The van der Waals surface area contributed by atoms with Crippen molar-refractivity contribution in [3.05, 3.63) is 23.8 Å². The van der Waals surface area contributed by atoms with Gasteiger partial charge in [-0.3, -0.25) is 0 Å². The van der Waals surface area contributed by atoms with Crippen molar-refractivity contribution < 1.29 is 0 Å². The van der Waals surface area contributed by atoms with E-state index in [2.05, 4.69) is 29.7 Å². The van der Waals surface area contributed by atoms with Crippen LogP contribution in [0, 0.1) is 0 Å². The fraction of sp³-hybridized carbons (Fsp3) is 0.400. The Balaban J connectivity index is 2.27. The maximum atomic E-state index is 5.72. The highest BCUT2D eigenvalue weighted by molar-refractivity contribution is 7.80. The van der Waals surface area contributed by atoms with Crippen molar-refractivity contribution in [3.8, 4) is 0 Å². The summed E-state index contributed by atoms with van der Waals surface area (Å²) in [5.41, 5.74) is 9.30. The van der Waals surface area contributed by atoms with Crippen molar-refractivity contribution in [3.63, 3.8) is 0 Å². The fourth-order valence-corrected chi connectivity index (χ4v) is 2.08. The lowest BCUT2D eigenvalue weighted by molar-refractivity contribution is 0.875. The van der Waals surface area contributed by atoms with Crippen molar-refractivity contribution >= 4 is 24.0 Å². The first-order valence-electron chi connectivity index (χ1n) is 4.55. The van der Waals surface area contributed by atoms with Crippen LogP contribution >= 0.6 is 12.6 Å². The van der Waals surface area contributed by atoms with Crippen molar-refractivity contribution in [2.75, 3.05) is 29.5 Å². The summed E-state index contributed by atoms with van der Waals surface area (Å²) in [4.78, 5) is 2.36. The summed E-state index contributed by atoms with van der Waals surface area (Å²) in [5.74, 6) is 0.907. The zero-order valence-corrected chi connectivity index (χ0v) is 8.43. The highest BCUT2D eigenvalue weighted by Crippen LogP contribution is 2.29. The number of nitrogens with zero attached hydrogens (tertiary/aromatic N) is 1. The molecule has 0 aliphatic carbocycles. The number of anilines is 2. The molecule has 2 N–H and O–H groups in total. The maximum Gasteiger partial charge on any atom is 0.0401 e. The van der Waals surface area contributed by atoms with Crippen molar-refractivity contribution in [2.24, 2.45) is 0 Å². The van der Waals surface area contributed by atoms with Crippen molar-refractivity contribution in [1.82, 2.24) is 0 Å².